The molecule has 0 aromatic heterocycles. The van der Waals surface area contributed by atoms with Gasteiger partial charge in [-0.05, 0) is 111 Å². The number of allylic oxidation sites excluding steroid dienone is 2. The van der Waals surface area contributed by atoms with Gasteiger partial charge in [0.1, 0.15) is 122 Å². The Morgan fingerprint density at radius 3 is 1.49 bits per heavy atom. The molecule has 5 saturated heterocycles. The molecule has 5 aliphatic heterocycles. The van der Waals surface area contributed by atoms with Gasteiger partial charge in [-0.3, -0.25) is 9.59 Å². The number of aliphatic carboxylic acids is 1. The molecular formula is C60H96O30. The van der Waals surface area contributed by atoms with Gasteiger partial charge in [0.2, 0.25) is 6.29 Å². The van der Waals surface area contributed by atoms with Gasteiger partial charge in [0, 0.05) is 0 Å². The van der Waals surface area contributed by atoms with Crippen LogP contribution in [0.4, 0.5) is 0 Å². The van der Waals surface area contributed by atoms with Crippen LogP contribution in [0.25, 0.3) is 0 Å². The Morgan fingerprint density at radius 2 is 0.967 bits per heavy atom. The van der Waals surface area contributed by atoms with Gasteiger partial charge < -0.3 is 139 Å². The largest absolute Gasteiger partial charge is 0.481 e. The number of rotatable bonds is 16. The van der Waals surface area contributed by atoms with Gasteiger partial charge in [-0.15, -0.1) is 0 Å². The maximum Gasteiger partial charge on any atom is 0.315 e. The monoisotopic (exact) mass is 1300 g/mol. The number of aliphatic hydroxyl groups excluding tert-OH is 17. The van der Waals surface area contributed by atoms with Crippen molar-refractivity contribution in [2.75, 3.05) is 33.0 Å². The molecule has 0 radical (unpaired) electrons. The first-order valence-electron chi connectivity index (χ1n) is 31.5. The van der Waals surface area contributed by atoms with E-state index in [4.69, 9.17) is 47.4 Å². The fourth-order valence-corrected chi connectivity index (χ4v) is 17.8. The van der Waals surface area contributed by atoms with Gasteiger partial charge in [0.05, 0.1) is 50.0 Å². The predicted octanol–water partition coefficient (Wildman–Crippen LogP) is -5.15. The van der Waals surface area contributed by atoms with Gasteiger partial charge in [-0.25, -0.2) is 0 Å². The highest BCUT2D eigenvalue weighted by molar-refractivity contribution is 5.79. The molecule has 0 bridgehead atoms. The third-order valence-electron chi connectivity index (χ3n) is 23.6. The fourth-order valence-electron chi connectivity index (χ4n) is 17.8. The van der Waals surface area contributed by atoms with Crippen LogP contribution in [-0.4, -0.2) is 297 Å². The lowest BCUT2D eigenvalue weighted by Crippen LogP contribution is -2.68. The number of carboxylic acid groups (broad SMARTS) is 1. The van der Waals surface area contributed by atoms with Crippen molar-refractivity contribution in [3.8, 4) is 0 Å². The van der Waals surface area contributed by atoms with Crippen molar-refractivity contribution in [3.05, 3.63) is 11.6 Å². The highest BCUT2D eigenvalue weighted by Gasteiger charge is 2.72. The quantitative estimate of drug-likeness (QED) is 0.0390. The maximum atomic E-state index is 15.7. The molecule has 9 fully saturated rings. The van der Waals surface area contributed by atoms with Gasteiger partial charge in [-0.1, -0.05) is 46.3 Å². The topological polar surface area (TPSA) is 491 Å². The van der Waals surface area contributed by atoms with Crippen LogP contribution in [-0.2, 0) is 57.0 Å². The molecule has 10 aliphatic rings. The Labute approximate surface area is 519 Å². The Balaban J connectivity index is 0.930. The van der Waals surface area contributed by atoms with Crippen molar-refractivity contribution in [1.29, 1.82) is 0 Å². The molecule has 0 unspecified atom stereocenters. The van der Waals surface area contributed by atoms with E-state index in [1.54, 1.807) is 6.92 Å². The summed E-state index contributed by atoms with van der Waals surface area (Å²) in [7, 11) is 0. The van der Waals surface area contributed by atoms with Gasteiger partial charge >= 0.3 is 11.9 Å². The van der Waals surface area contributed by atoms with E-state index in [1.165, 1.54) is 0 Å². The standard InChI is InChI=1S/C60H96O30/c1-55(2)13-15-60(16-14-57(4)23(24(60)17-55)7-8-30-56(3)11-10-32(59(6,53(78)79)31(56)9-12-58(30,57)5)87-48-42(74)38(70)33(65)25(18-61)82-48)54(80)90-51-45(77)46(88-49-43(75)39(71)34(66)26(19-62)83-49)37(69)29(86-51)22-81-52-47(41(73)36(68)28(21-64)85-52)89-50-44(76)40(72)35(67)27(20-63)84-50/h7,24-52,61-77H,8-22H2,1-6H3,(H,78,79)/t24-,25+,26+,27+,28+,29+,30+,31+,32-,33+,34+,35+,36+,37+,38-,39-,40-,41-,42+,43+,44+,45+,46-,47+,48-,49-,50-,51-,52+,56+,57+,58+,59-,60-/m0/s1. The zero-order valence-corrected chi connectivity index (χ0v) is 51.4. The molecule has 10 rings (SSSR count). The lowest BCUT2D eigenvalue weighted by Gasteiger charge is -2.71. The van der Waals surface area contributed by atoms with Crippen LogP contribution in [0.2, 0.25) is 0 Å². The minimum atomic E-state index is -2.13. The van der Waals surface area contributed by atoms with Crippen LogP contribution < -0.4 is 0 Å². The second-order valence-electron chi connectivity index (χ2n) is 28.9. The van der Waals surface area contributed by atoms with Crippen LogP contribution >= 0.6 is 0 Å². The Morgan fingerprint density at radius 1 is 0.489 bits per heavy atom. The average molecular weight is 1300 g/mol. The molecule has 4 saturated carbocycles. The number of ether oxygens (including phenoxy) is 10. The van der Waals surface area contributed by atoms with E-state index in [2.05, 4.69) is 40.7 Å². The highest BCUT2D eigenvalue weighted by atomic mass is 16.8. The van der Waals surface area contributed by atoms with E-state index in [1.807, 2.05) is 0 Å². The third kappa shape index (κ3) is 11.6. The van der Waals surface area contributed by atoms with Crippen LogP contribution in [0.3, 0.4) is 0 Å². The Hall–Kier alpha value is -2.36. The fraction of sp³-hybridized carbons (Fsp3) is 0.933. The Kier molecular flexibility index (Phi) is 20.5. The minimum Gasteiger partial charge on any atom is -0.481 e. The van der Waals surface area contributed by atoms with Crippen LogP contribution in [0.5, 0.6) is 0 Å². The molecule has 5 heterocycles. The number of esters is 1. The average Bonchev–Trinajstić information content (AvgIpc) is 0.676. The summed E-state index contributed by atoms with van der Waals surface area (Å²) in [4.78, 5) is 29.5. The molecule has 90 heavy (non-hydrogen) atoms. The van der Waals surface area contributed by atoms with E-state index in [9.17, 15) is 96.7 Å². The Bertz CT molecular complexity index is 2540. The second-order valence-corrected chi connectivity index (χ2v) is 28.9. The number of carbonyl (C=O) groups is 2. The summed E-state index contributed by atoms with van der Waals surface area (Å²) in [6.45, 7) is 8.30. The summed E-state index contributed by atoms with van der Waals surface area (Å²) in [5.74, 6) is -2.90. The predicted molar refractivity (Wildman–Crippen MR) is 297 cm³/mol. The lowest BCUT2D eigenvalue weighted by molar-refractivity contribution is -0.377. The normalized spacial score (nSPS) is 53.6. The molecule has 30 nitrogen and oxygen atoms in total. The molecule has 5 aliphatic carbocycles. The summed E-state index contributed by atoms with van der Waals surface area (Å²) in [5.41, 5.74) is -3.70. The molecule has 18 N–H and O–H groups in total. The van der Waals surface area contributed by atoms with E-state index in [-0.39, 0.29) is 24.2 Å². The second kappa shape index (κ2) is 26.2. The highest BCUT2D eigenvalue weighted by Crippen LogP contribution is 2.76. The van der Waals surface area contributed by atoms with Crippen LogP contribution in [0.1, 0.15) is 106 Å². The first-order chi connectivity index (χ1) is 42.2. The van der Waals surface area contributed by atoms with E-state index >= 15 is 4.79 Å². The first-order valence-corrected chi connectivity index (χ1v) is 31.5. The maximum absolute atomic E-state index is 15.7. The molecule has 0 aromatic carbocycles. The lowest BCUT2D eigenvalue weighted by atomic mass is 9.33. The molecule has 34 atom stereocenters. The molecular weight excluding hydrogens is 1200 g/mol. The van der Waals surface area contributed by atoms with Crippen molar-refractivity contribution < 1.29 is 149 Å². The molecule has 0 spiro atoms. The van der Waals surface area contributed by atoms with Crippen molar-refractivity contribution in [3.63, 3.8) is 0 Å². The van der Waals surface area contributed by atoms with Gasteiger partial charge in [0.15, 0.2) is 25.2 Å². The number of carboxylic acids is 1. The van der Waals surface area contributed by atoms with Crippen molar-refractivity contribution in [2.24, 2.45) is 50.2 Å². The number of aliphatic hydroxyl groups is 17. The summed E-state index contributed by atoms with van der Waals surface area (Å²) in [6, 6.07) is 0. The molecule has 30 heteroatoms. The summed E-state index contributed by atoms with van der Waals surface area (Å²) >= 11 is 0. The summed E-state index contributed by atoms with van der Waals surface area (Å²) < 4.78 is 59.4. The van der Waals surface area contributed by atoms with E-state index in [0.717, 1.165) is 5.57 Å². The van der Waals surface area contributed by atoms with Gasteiger partial charge in [0.25, 0.3) is 0 Å². The first kappa shape index (κ1) is 70.4. The smallest absolute Gasteiger partial charge is 0.315 e. The van der Waals surface area contributed by atoms with E-state index < -0.39 is 244 Å². The third-order valence-corrected chi connectivity index (χ3v) is 23.6. The van der Waals surface area contributed by atoms with Gasteiger partial charge in [-0.2, -0.15) is 0 Å². The SMILES string of the molecule is CC1(C)CC[C@]2(C(=O)O[C@@H]3O[C@H](CO[C@@H]4O[C@H](CO)[C@@H](O)[C@H](O)[C@H]4O[C@@H]4O[C@H](CO)[C@@H](O)[C@H](O)[C@H]4O)[C@@H](O)[C@H](O[C@@H]4O[C@H](CO)[C@@H](O)[C@H](O)[C@H]4O)[C@H]3O)CC[C@]3(C)C(=CC[C@@H]4[C@@]5(C)CC[C@H](O[C@@H]6O[C@H](CO)[C@@H](O)[C@H](O)[C@H]6O)[C@@](C)(C(=O)O)[C@@H]5CC[C@]43C)[C@@H]2C1. The summed E-state index contributed by atoms with van der Waals surface area (Å²) in [6.07, 6.45) is -40.0. The van der Waals surface area contributed by atoms with Crippen LogP contribution in [0.15, 0.2) is 11.6 Å². The van der Waals surface area contributed by atoms with Crippen molar-refractivity contribution in [2.45, 2.75) is 265 Å². The van der Waals surface area contributed by atoms with E-state index in [0.29, 0.717) is 51.4 Å². The van der Waals surface area contributed by atoms with Crippen molar-refractivity contribution in [1.82, 2.24) is 0 Å². The zero-order chi connectivity index (χ0) is 65.9. The molecule has 516 valence electrons. The number of hydrogen-bond acceptors (Lipinski definition) is 29. The summed E-state index contributed by atoms with van der Waals surface area (Å²) in [5, 5.41) is 194. The zero-order valence-electron chi connectivity index (χ0n) is 51.4. The number of hydrogen-bond donors (Lipinski definition) is 18. The number of fused-ring (bicyclic) bond motifs is 7. The molecule has 0 amide bonds. The number of carbonyl (C=O) groups excluding carboxylic acids is 1. The minimum absolute atomic E-state index is 0.0890. The van der Waals surface area contributed by atoms with Crippen LogP contribution in [0, 0.1) is 50.2 Å². The van der Waals surface area contributed by atoms with Crippen molar-refractivity contribution >= 4 is 11.9 Å². The molecule has 0 aromatic rings.